The number of piperazine rings is 1. The number of nitrogens with one attached hydrogen (secondary N) is 2. The minimum absolute atomic E-state index is 0.159. The van der Waals surface area contributed by atoms with Crippen molar-refractivity contribution in [3.05, 3.63) is 60.2 Å². The fourth-order valence-electron chi connectivity index (χ4n) is 3.82. The number of hydrogen-bond donors (Lipinski definition) is 2. The van der Waals surface area contributed by atoms with Crippen molar-refractivity contribution >= 4 is 5.69 Å². The van der Waals surface area contributed by atoms with E-state index in [1.54, 1.807) is 12.1 Å². The predicted molar refractivity (Wildman–Crippen MR) is 96.7 cm³/mol. The van der Waals surface area contributed by atoms with Gasteiger partial charge < -0.3 is 4.90 Å². The van der Waals surface area contributed by atoms with Crippen LogP contribution in [0.25, 0.3) is 0 Å². The highest BCUT2D eigenvalue weighted by Crippen LogP contribution is 2.26. The average molecular weight is 341 g/mol. The first kappa shape index (κ1) is 16.4. The molecule has 2 atom stereocenters. The molecule has 2 unspecified atom stereocenters. The maximum atomic E-state index is 13.5. The number of aromatic nitrogens is 1. The first-order valence-electron chi connectivity index (χ1n) is 8.91. The number of hydrazine groups is 1. The van der Waals surface area contributed by atoms with Gasteiger partial charge in [-0.15, -0.1) is 0 Å². The van der Waals surface area contributed by atoms with Crippen LogP contribution in [0.5, 0.6) is 0 Å². The number of benzene rings is 1. The van der Waals surface area contributed by atoms with Crippen molar-refractivity contribution in [3.8, 4) is 0 Å². The number of halogens is 1. The third kappa shape index (κ3) is 3.81. The summed E-state index contributed by atoms with van der Waals surface area (Å²) in [6.45, 7) is 6.04. The summed E-state index contributed by atoms with van der Waals surface area (Å²) in [5.74, 6) is 0.266. The lowest BCUT2D eigenvalue weighted by Crippen LogP contribution is -2.48. The molecule has 2 saturated heterocycles. The molecule has 2 aromatic rings. The van der Waals surface area contributed by atoms with Crippen molar-refractivity contribution in [2.24, 2.45) is 5.92 Å². The fraction of sp³-hybridized carbons (Fsp3) is 0.421. The molecule has 132 valence electrons. The van der Waals surface area contributed by atoms with Gasteiger partial charge in [0.1, 0.15) is 5.82 Å². The van der Waals surface area contributed by atoms with E-state index in [9.17, 15) is 4.39 Å². The van der Waals surface area contributed by atoms with Crippen LogP contribution in [0.1, 0.15) is 11.6 Å². The van der Waals surface area contributed by atoms with Crippen molar-refractivity contribution in [2.75, 3.05) is 44.2 Å². The molecule has 0 amide bonds. The molecular weight excluding hydrogens is 317 g/mol. The average Bonchev–Trinajstić information content (AvgIpc) is 3.11. The van der Waals surface area contributed by atoms with E-state index in [1.807, 2.05) is 24.5 Å². The molecule has 5 nitrogen and oxygen atoms in total. The topological polar surface area (TPSA) is 43.4 Å². The van der Waals surface area contributed by atoms with E-state index in [1.165, 1.54) is 11.8 Å². The maximum absolute atomic E-state index is 13.5. The van der Waals surface area contributed by atoms with Crippen LogP contribution in [0.2, 0.25) is 0 Å². The molecule has 25 heavy (non-hydrogen) atoms. The van der Waals surface area contributed by atoms with Crippen molar-refractivity contribution < 1.29 is 4.39 Å². The Kier molecular flexibility index (Phi) is 4.92. The highest BCUT2D eigenvalue weighted by atomic mass is 19.1. The summed E-state index contributed by atoms with van der Waals surface area (Å²) in [4.78, 5) is 9.11. The Balaban J connectivity index is 1.35. The standard InChI is InChI=1S/C19H24FN5/c20-17-4-1-3-15(11-17)19-16(12-22-23-19)14-24-7-9-25(10-8-24)18-5-2-6-21-13-18/h1-6,11,13,16,19,22-23H,7-10,12,14H2. The number of nitrogens with zero attached hydrogens (tertiary/aromatic N) is 3. The van der Waals surface area contributed by atoms with Gasteiger partial charge in [-0.2, -0.15) is 0 Å². The first-order valence-corrected chi connectivity index (χ1v) is 8.91. The number of pyridine rings is 1. The Labute approximate surface area is 147 Å². The van der Waals surface area contributed by atoms with Gasteiger partial charge in [0.05, 0.1) is 17.9 Å². The van der Waals surface area contributed by atoms with Gasteiger partial charge >= 0.3 is 0 Å². The van der Waals surface area contributed by atoms with Crippen LogP contribution in [0.3, 0.4) is 0 Å². The van der Waals surface area contributed by atoms with Gasteiger partial charge in [-0.25, -0.2) is 9.82 Å². The molecule has 1 aromatic carbocycles. The van der Waals surface area contributed by atoms with Crippen LogP contribution >= 0.6 is 0 Å². The second-order valence-corrected chi connectivity index (χ2v) is 6.82. The zero-order chi connectivity index (χ0) is 17.1. The van der Waals surface area contributed by atoms with Crippen LogP contribution in [0.15, 0.2) is 48.8 Å². The second kappa shape index (κ2) is 7.47. The quantitative estimate of drug-likeness (QED) is 0.888. The van der Waals surface area contributed by atoms with Gasteiger partial charge in [0.25, 0.3) is 0 Å². The summed E-state index contributed by atoms with van der Waals surface area (Å²) in [6, 6.07) is 11.2. The van der Waals surface area contributed by atoms with Crippen LogP contribution in [-0.2, 0) is 0 Å². The van der Waals surface area contributed by atoms with E-state index in [-0.39, 0.29) is 11.9 Å². The first-order chi connectivity index (χ1) is 12.3. The lowest BCUT2D eigenvalue weighted by molar-refractivity contribution is 0.214. The van der Waals surface area contributed by atoms with Gasteiger partial charge in [-0.1, -0.05) is 12.1 Å². The Hall–Kier alpha value is -2.02. The number of rotatable bonds is 4. The summed E-state index contributed by atoms with van der Waals surface area (Å²) < 4.78 is 13.5. The monoisotopic (exact) mass is 341 g/mol. The van der Waals surface area contributed by atoms with Crippen molar-refractivity contribution in [1.29, 1.82) is 0 Å². The molecule has 0 bridgehead atoms. The highest BCUT2D eigenvalue weighted by molar-refractivity contribution is 5.44. The SMILES string of the molecule is Fc1cccc(C2NNCC2CN2CCN(c3cccnc3)CC2)c1. The smallest absolute Gasteiger partial charge is 0.123 e. The van der Waals surface area contributed by atoms with Crippen molar-refractivity contribution in [3.63, 3.8) is 0 Å². The van der Waals surface area contributed by atoms with Crippen LogP contribution < -0.4 is 15.8 Å². The molecule has 2 fully saturated rings. The Morgan fingerprint density at radius 3 is 2.76 bits per heavy atom. The number of hydrogen-bond acceptors (Lipinski definition) is 5. The Morgan fingerprint density at radius 1 is 1.12 bits per heavy atom. The maximum Gasteiger partial charge on any atom is 0.123 e. The largest absolute Gasteiger partial charge is 0.368 e. The van der Waals surface area contributed by atoms with E-state index < -0.39 is 0 Å². The molecular formula is C19H24FN5. The van der Waals surface area contributed by atoms with Gasteiger partial charge in [-0.3, -0.25) is 15.3 Å². The normalized spacial score (nSPS) is 24.6. The van der Waals surface area contributed by atoms with E-state index in [0.717, 1.165) is 44.8 Å². The summed E-state index contributed by atoms with van der Waals surface area (Å²) in [6.07, 6.45) is 3.74. The number of anilines is 1. The molecule has 1 aromatic heterocycles. The minimum atomic E-state index is -0.171. The fourth-order valence-corrected chi connectivity index (χ4v) is 3.82. The van der Waals surface area contributed by atoms with E-state index in [2.05, 4.69) is 31.7 Å². The van der Waals surface area contributed by atoms with E-state index in [4.69, 9.17) is 0 Å². The molecule has 0 radical (unpaired) electrons. The summed E-state index contributed by atoms with van der Waals surface area (Å²) in [7, 11) is 0. The van der Waals surface area contributed by atoms with Gasteiger partial charge in [-0.05, 0) is 29.8 Å². The third-order valence-electron chi connectivity index (χ3n) is 5.18. The zero-order valence-corrected chi connectivity index (χ0v) is 14.2. The molecule has 2 aliphatic heterocycles. The second-order valence-electron chi connectivity index (χ2n) is 6.82. The molecule has 0 aliphatic carbocycles. The van der Waals surface area contributed by atoms with E-state index in [0.29, 0.717) is 5.92 Å². The predicted octanol–water partition coefficient (Wildman–Crippen LogP) is 1.81. The third-order valence-corrected chi connectivity index (χ3v) is 5.18. The van der Waals surface area contributed by atoms with Gasteiger partial charge in [0.15, 0.2) is 0 Å². The summed E-state index contributed by atoms with van der Waals surface area (Å²) >= 11 is 0. The Morgan fingerprint density at radius 2 is 2.00 bits per heavy atom. The van der Waals surface area contributed by atoms with Crippen LogP contribution in [-0.4, -0.2) is 49.2 Å². The lowest BCUT2D eigenvalue weighted by Gasteiger charge is -2.37. The molecule has 0 saturated carbocycles. The Bertz CT molecular complexity index is 687. The molecule has 0 spiro atoms. The van der Waals surface area contributed by atoms with Crippen LogP contribution in [0.4, 0.5) is 10.1 Å². The van der Waals surface area contributed by atoms with Crippen LogP contribution in [0, 0.1) is 11.7 Å². The van der Waals surface area contributed by atoms with Gasteiger partial charge in [0.2, 0.25) is 0 Å². The molecule has 2 aliphatic rings. The summed E-state index contributed by atoms with van der Waals surface area (Å²) in [5, 5.41) is 0. The molecule has 2 N–H and O–H groups in total. The van der Waals surface area contributed by atoms with Crippen molar-refractivity contribution in [2.45, 2.75) is 6.04 Å². The highest BCUT2D eigenvalue weighted by Gasteiger charge is 2.31. The summed E-state index contributed by atoms with van der Waals surface area (Å²) in [5.41, 5.74) is 8.77. The molecule has 6 heteroatoms. The molecule has 4 rings (SSSR count). The van der Waals surface area contributed by atoms with Gasteiger partial charge in [0, 0.05) is 51.4 Å². The molecule has 3 heterocycles. The zero-order valence-electron chi connectivity index (χ0n) is 14.2. The minimum Gasteiger partial charge on any atom is -0.368 e. The van der Waals surface area contributed by atoms with Crippen molar-refractivity contribution in [1.82, 2.24) is 20.7 Å². The lowest BCUT2D eigenvalue weighted by atomic mass is 9.94. The van der Waals surface area contributed by atoms with E-state index >= 15 is 0 Å².